The Morgan fingerprint density at radius 2 is 2.21 bits per heavy atom. The Balaban J connectivity index is 2.85. The molecule has 5 nitrogen and oxygen atoms in total. The second-order valence-electron chi connectivity index (χ2n) is 3.43. The SMILES string of the molecule is CCC(=O)N1CCNCC1S(C)(=O)=O. The summed E-state index contributed by atoms with van der Waals surface area (Å²) < 4.78 is 22.8. The molecule has 0 spiro atoms. The van der Waals surface area contributed by atoms with Crippen molar-refractivity contribution in [2.45, 2.75) is 18.7 Å². The molecule has 1 saturated heterocycles. The zero-order chi connectivity index (χ0) is 10.8. The Kier molecular flexibility index (Phi) is 3.49. The van der Waals surface area contributed by atoms with Crippen molar-refractivity contribution in [3.8, 4) is 0 Å². The maximum atomic E-state index is 11.5. The van der Waals surface area contributed by atoms with Crippen LogP contribution in [0.1, 0.15) is 13.3 Å². The van der Waals surface area contributed by atoms with E-state index in [4.69, 9.17) is 0 Å². The summed E-state index contributed by atoms with van der Waals surface area (Å²) in [4.78, 5) is 12.9. The van der Waals surface area contributed by atoms with E-state index in [1.54, 1.807) is 6.92 Å². The quantitative estimate of drug-likeness (QED) is 0.661. The molecular formula is C8H16N2O3S. The topological polar surface area (TPSA) is 66.5 Å². The van der Waals surface area contributed by atoms with Crippen LogP contribution in [-0.4, -0.2) is 50.5 Å². The van der Waals surface area contributed by atoms with E-state index in [0.717, 1.165) is 0 Å². The van der Waals surface area contributed by atoms with E-state index >= 15 is 0 Å². The van der Waals surface area contributed by atoms with Crippen LogP contribution >= 0.6 is 0 Å². The fourth-order valence-corrected chi connectivity index (χ4v) is 2.66. The van der Waals surface area contributed by atoms with E-state index in [1.165, 1.54) is 11.2 Å². The van der Waals surface area contributed by atoms with Gasteiger partial charge in [-0.05, 0) is 0 Å². The van der Waals surface area contributed by atoms with Crippen molar-refractivity contribution in [2.24, 2.45) is 0 Å². The Morgan fingerprint density at radius 3 is 2.71 bits per heavy atom. The van der Waals surface area contributed by atoms with Crippen molar-refractivity contribution in [1.29, 1.82) is 0 Å². The van der Waals surface area contributed by atoms with Gasteiger partial charge < -0.3 is 10.2 Å². The molecule has 1 amide bonds. The maximum absolute atomic E-state index is 11.5. The highest BCUT2D eigenvalue weighted by Crippen LogP contribution is 2.10. The molecule has 1 aliphatic rings. The molecule has 1 atom stereocenters. The highest BCUT2D eigenvalue weighted by atomic mass is 32.2. The third-order valence-electron chi connectivity index (χ3n) is 2.31. The number of carbonyl (C=O) groups is 1. The fraction of sp³-hybridized carbons (Fsp3) is 0.875. The predicted molar refractivity (Wildman–Crippen MR) is 53.5 cm³/mol. The highest BCUT2D eigenvalue weighted by Gasteiger charge is 2.32. The molecule has 1 N–H and O–H groups in total. The van der Waals surface area contributed by atoms with Crippen molar-refractivity contribution in [3.05, 3.63) is 0 Å². The third kappa shape index (κ3) is 2.45. The molecule has 6 heteroatoms. The van der Waals surface area contributed by atoms with Crippen LogP contribution in [0.2, 0.25) is 0 Å². The number of piperazine rings is 1. The molecule has 0 aliphatic carbocycles. The number of sulfone groups is 1. The summed E-state index contributed by atoms with van der Waals surface area (Å²) in [5, 5.41) is 2.29. The highest BCUT2D eigenvalue weighted by molar-refractivity contribution is 7.91. The van der Waals surface area contributed by atoms with Gasteiger partial charge in [0.1, 0.15) is 5.37 Å². The van der Waals surface area contributed by atoms with E-state index in [1.807, 2.05) is 0 Å². The average molecular weight is 220 g/mol. The molecule has 1 unspecified atom stereocenters. The smallest absolute Gasteiger partial charge is 0.223 e. The summed E-state index contributed by atoms with van der Waals surface area (Å²) in [5.74, 6) is -0.0954. The molecule has 1 aliphatic heterocycles. The van der Waals surface area contributed by atoms with Gasteiger partial charge in [-0.25, -0.2) is 8.42 Å². The minimum Gasteiger partial charge on any atom is -0.323 e. The lowest BCUT2D eigenvalue weighted by Crippen LogP contribution is -2.56. The first-order chi connectivity index (χ1) is 6.46. The van der Waals surface area contributed by atoms with Crippen molar-refractivity contribution < 1.29 is 13.2 Å². The molecule has 0 aromatic rings. The number of amides is 1. The predicted octanol–water partition coefficient (Wildman–Crippen LogP) is -0.801. The van der Waals surface area contributed by atoms with Crippen LogP contribution in [0, 0.1) is 0 Å². The Bertz CT molecular complexity index is 313. The van der Waals surface area contributed by atoms with Crippen LogP contribution in [0.4, 0.5) is 0 Å². The normalized spacial score (nSPS) is 23.6. The summed E-state index contributed by atoms with van der Waals surface area (Å²) in [7, 11) is -3.19. The van der Waals surface area contributed by atoms with Gasteiger partial charge >= 0.3 is 0 Å². The van der Waals surface area contributed by atoms with Gasteiger partial charge in [0.2, 0.25) is 5.91 Å². The third-order valence-corrected chi connectivity index (χ3v) is 3.72. The summed E-state index contributed by atoms with van der Waals surface area (Å²) in [6.45, 7) is 3.22. The second kappa shape index (κ2) is 4.27. The van der Waals surface area contributed by atoms with Gasteiger partial charge in [0, 0.05) is 32.3 Å². The molecule has 0 aromatic carbocycles. The van der Waals surface area contributed by atoms with Gasteiger partial charge in [-0.3, -0.25) is 4.79 Å². The average Bonchev–Trinajstić information content (AvgIpc) is 2.15. The lowest BCUT2D eigenvalue weighted by molar-refractivity contribution is -0.132. The maximum Gasteiger partial charge on any atom is 0.223 e. The monoisotopic (exact) mass is 220 g/mol. The second-order valence-corrected chi connectivity index (χ2v) is 5.63. The van der Waals surface area contributed by atoms with Crippen molar-refractivity contribution in [3.63, 3.8) is 0 Å². The van der Waals surface area contributed by atoms with Crippen LogP contribution in [-0.2, 0) is 14.6 Å². The zero-order valence-electron chi connectivity index (χ0n) is 8.49. The van der Waals surface area contributed by atoms with Crippen LogP contribution in [0.25, 0.3) is 0 Å². The van der Waals surface area contributed by atoms with E-state index in [0.29, 0.717) is 26.1 Å². The van der Waals surface area contributed by atoms with Gasteiger partial charge in [0.15, 0.2) is 9.84 Å². The Labute approximate surface area is 84.4 Å². The minimum atomic E-state index is -3.19. The van der Waals surface area contributed by atoms with Crippen molar-refractivity contribution >= 4 is 15.7 Å². The number of hydrogen-bond acceptors (Lipinski definition) is 4. The van der Waals surface area contributed by atoms with Crippen molar-refractivity contribution in [1.82, 2.24) is 10.2 Å². The molecule has 82 valence electrons. The molecule has 1 fully saturated rings. The van der Waals surface area contributed by atoms with E-state index in [2.05, 4.69) is 5.32 Å². The number of rotatable bonds is 2. The summed E-state index contributed by atoms with van der Waals surface area (Å²) in [6, 6.07) is 0. The van der Waals surface area contributed by atoms with Crippen molar-refractivity contribution in [2.75, 3.05) is 25.9 Å². The minimum absolute atomic E-state index is 0.0954. The number of hydrogen-bond donors (Lipinski definition) is 1. The van der Waals surface area contributed by atoms with Crippen LogP contribution in [0.15, 0.2) is 0 Å². The molecule has 14 heavy (non-hydrogen) atoms. The Morgan fingerprint density at radius 1 is 1.57 bits per heavy atom. The lowest BCUT2D eigenvalue weighted by atomic mass is 10.3. The van der Waals surface area contributed by atoms with Crippen LogP contribution in [0.5, 0.6) is 0 Å². The van der Waals surface area contributed by atoms with E-state index in [9.17, 15) is 13.2 Å². The molecule has 1 heterocycles. The first kappa shape index (κ1) is 11.5. The van der Waals surface area contributed by atoms with Crippen LogP contribution in [0.3, 0.4) is 0 Å². The first-order valence-electron chi connectivity index (χ1n) is 4.66. The standard InChI is InChI=1S/C8H16N2O3S/c1-3-7(11)10-5-4-9-6-8(10)14(2,12)13/h8-9H,3-6H2,1-2H3. The fourth-order valence-electron chi connectivity index (χ4n) is 1.55. The molecule has 0 aromatic heterocycles. The zero-order valence-corrected chi connectivity index (χ0v) is 9.30. The number of nitrogens with zero attached hydrogens (tertiary/aromatic N) is 1. The molecular weight excluding hydrogens is 204 g/mol. The number of carbonyl (C=O) groups excluding carboxylic acids is 1. The first-order valence-corrected chi connectivity index (χ1v) is 6.61. The van der Waals surface area contributed by atoms with Gasteiger partial charge in [-0.2, -0.15) is 0 Å². The van der Waals surface area contributed by atoms with E-state index < -0.39 is 15.2 Å². The van der Waals surface area contributed by atoms with Gasteiger partial charge in [0.05, 0.1) is 0 Å². The lowest BCUT2D eigenvalue weighted by Gasteiger charge is -2.34. The summed E-state index contributed by atoms with van der Waals surface area (Å²) in [6.07, 6.45) is 1.52. The molecule has 0 saturated carbocycles. The molecule has 0 bridgehead atoms. The van der Waals surface area contributed by atoms with E-state index in [-0.39, 0.29) is 5.91 Å². The molecule has 0 radical (unpaired) electrons. The van der Waals surface area contributed by atoms with Crippen LogP contribution < -0.4 is 5.32 Å². The summed E-state index contributed by atoms with van der Waals surface area (Å²) >= 11 is 0. The Hall–Kier alpha value is -0.620. The number of nitrogens with one attached hydrogen (secondary N) is 1. The van der Waals surface area contributed by atoms with Gasteiger partial charge in [0.25, 0.3) is 0 Å². The van der Waals surface area contributed by atoms with Gasteiger partial charge in [-0.1, -0.05) is 6.92 Å². The largest absolute Gasteiger partial charge is 0.323 e. The molecule has 1 rings (SSSR count). The summed E-state index contributed by atoms with van der Waals surface area (Å²) in [5.41, 5.74) is 0. The van der Waals surface area contributed by atoms with Gasteiger partial charge in [-0.15, -0.1) is 0 Å².